The molecule has 1 aliphatic heterocycles. The molecule has 12 atom stereocenters. The van der Waals surface area contributed by atoms with Crippen LogP contribution in [0.15, 0.2) is 0 Å². The van der Waals surface area contributed by atoms with Gasteiger partial charge in [0, 0.05) is 6.61 Å². The molecule has 5 saturated carbocycles. The van der Waals surface area contributed by atoms with E-state index < -0.39 is 0 Å². The number of ether oxygens (including phenoxy) is 2. The molecule has 2 spiro atoms. The zero-order valence-corrected chi connectivity index (χ0v) is 21.9. The summed E-state index contributed by atoms with van der Waals surface area (Å²) in [6.45, 7) is 14.9. The van der Waals surface area contributed by atoms with E-state index in [1.165, 1.54) is 25.7 Å². The second-order valence-electron chi connectivity index (χ2n) is 14.4. The first-order chi connectivity index (χ1) is 15.5. The summed E-state index contributed by atoms with van der Waals surface area (Å²) in [6.07, 6.45) is 9.77. The van der Waals surface area contributed by atoms with Gasteiger partial charge in [0.05, 0.1) is 18.3 Å². The predicted molar refractivity (Wildman–Crippen MR) is 128 cm³/mol. The Labute approximate surface area is 201 Å². The Morgan fingerprint density at radius 1 is 0.939 bits per heavy atom. The first-order valence-electron chi connectivity index (χ1n) is 14.1. The van der Waals surface area contributed by atoms with Crippen molar-refractivity contribution in [3.63, 3.8) is 0 Å². The van der Waals surface area contributed by atoms with E-state index in [4.69, 9.17) is 9.47 Å². The lowest BCUT2D eigenvalue weighted by molar-refractivity contribution is -0.198. The Kier molecular flexibility index (Phi) is 4.92. The first kappa shape index (κ1) is 23.3. The van der Waals surface area contributed by atoms with Gasteiger partial charge in [0.2, 0.25) is 0 Å². The summed E-state index contributed by atoms with van der Waals surface area (Å²) in [5.41, 5.74) is 0.868. The molecule has 0 radical (unpaired) electrons. The van der Waals surface area contributed by atoms with Crippen LogP contribution in [0, 0.1) is 50.7 Å². The average Bonchev–Trinajstić information content (AvgIpc) is 3.36. The summed E-state index contributed by atoms with van der Waals surface area (Å²) in [5.74, 6) is 2.04. The molecule has 4 nitrogen and oxygen atoms in total. The fourth-order valence-corrected chi connectivity index (χ4v) is 11.8. The van der Waals surface area contributed by atoms with E-state index in [1.54, 1.807) is 0 Å². The normalized spacial score (nSPS) is 61.1. The Balaban J connectivity index is 1.38. The van der Waals surface area contributed by atoms with Crippen molar-refractivity contribution in [1.82, 2.24) is 0 Å². The van der Waals surface area contributed by atoms with Crippen LogP contribution >= 0.6 is 0 Å². The van der Waals surface area contributed by atoms with Crippen molar-refractivity contribution in [2.45, 2.75) is 124 Å². The van der Waals surface area contributed by atoms with Crippen LogP contribution in [0.25, 0.3) is 0 Å². The third kappa shape index (κ3) is 2.63. The Bertz CT molecular complexity index is 811. The van der Waals surface area contributed by atoms with Crippen molar-refractivity contribution < 1.29 is 19.7 Å². The highest BCUT2D eigenvalue weighted by Gasteiger charge is 2.84. The summed E-state index contributed by atoms with van der Waals surface area (Å²) in [5, 5.41) is 22.6. The second kappa shape index (κ2) is 6.99. The Hall–Kier alpha value is -0.160. The van der Waals surface area contributed by atoms with Gasteiger partial charge in [-0.15, -0.1) is 0 Å². The Morgan fingerprint density at radius 3 is 2.42 bits per heavy atom. The zero-order valence-electron chi connectivity index (χ0n) is 21.9. The maximum absolute atomic E-state index is 11.7. The highest BCUT2D eigenvalue weighted by molar-refractivity contribution is 5.32. The molecule has 1 heterocycles. The number of aliphatic hydroxyl groups excluding tert-OH is 2. The average molecular weight is 461 g/mol. The fraction of sp³-hybridized carbons (Fsp3) is 1.00. The van der Waals surface area contributed by atoms with E-state index in [-0.39, 0.29) is 52.2 Å². The summed E-state index contributed by atoms with van der Waals surface area (Å²) in [6, 6.07) is 0. The molecule has 0 aromatic heterocycles. The quantitative estimate of drug-likeness (QED) is 0.568. The SMILES string of the molecule is CCOC1CCC(C)C2C(CC3(C)C4CC(O)C5C(C)(C)C(O)CCC56CC46CCC23C)O1. The van der Waals surface area contributed by atoms with Gasteiger partial charge < -0.3 is 19.7 Å². The van der Waals surface area contributed by atoms with Gasteiger partial charge in [-0.05, 0) is 115 Å². The maximum atomic E-state index is 11.7. The number of aliphatic hydroxyl groups is 2. The van der Waals surface area contributed by atoms with Gasteiger partial charge in [-0.25, -0.2) is 0 Å². The minimum atomic E-state index is -0.297. The van der Waals surface area contributed by atoms with Gasteiger partial charge in [0.25, 0.3) is 0 Å². The van der Waals surface area contributed by atoms with Gasteiger partial charge in [-0.2, -0.15) is 0 Å². The van der Waals surface area contributed by atoms with Gasteiger partial charge in [-0.3, -0.25) is 0 Å². The lowest BCUT2D eigenvalue weighted by atomic mass is 9.41. The number of rotatable bonds is 2. The topological polar surface area (TPSA) is 58.9 Å². The standard InChI is InChI=1S/C29H48O4/c1-7-32-22-9-8-17(2)23-19(33-22)15-27(6)20-14-18(30)24-25(3,4)21(31)10-11-29(24)16-28(20,29)13-12-26(23,27)5/h17-24,30-31H,7-16H2,1-6H3. The highest BCUT2D eigenvalue weighted by atomic mass is 16.7. The Morgan fingerprint density at radius 2 is 1.70 bits per heavy atom. The predicted octanol–water partition coefficient (Wildman–Crippen LogP) is 5.54. The van der Waals surface area contributed by atoms with Crippen molar-refractivity contribution in [3.05, 3.63) is 0 Å². The van der Waals surface area contributed by atoms with Gasteiger partial charge >= 0.3 is 0 Å². The molecular weight excluding hydrogens is 412 g/mol. The van der Waals surface area contributed by atoms with Crippen molar-refractivity contribution >= 4 is 0 Å². The highest BCUT2D eigenvalue weighted by Crippen LogP contribution is 2.89. The van der Waals surface area contributed by atoms with Crippen LogP contribution in [0.3, 0.4) is 0 Å². The summed E-state index contributed by atoms with van der Waals surface area (Å²) >= 11 is 0. The van der Waals surface area contributed by atoms with Crippen LogP contribution in [0.2, 0.25) is 0 Å². The molecule has 33 heavy (non-hydrogen) atoms. The van der Waals surface area contributed by atoms with Crippen LogP contribution in [0.1, 0.15) is 99.3 Å². The zero-order chi connectivity index (χ0) is 23.6. The van der Waals surface area contributed by atoms with E-state index in [2.05, 4.69) is 41.5 Å². The molecule has 4 heteroatoms. The molecule has 2 N–H and O–H groups in total. The molecule has 0 bridgehead atoms. The molecule has 6 fully saturated rings. The van der Waals surface area contributed by atoms with Crippen LogP contribution in [0.5, 0.6) is 0 Å². The third-order valence-corrected chi connectivity index (χ3v) is 13.2. The van der Waals surface area contributed by atoms with Crippen molar-refractivity contribution in [3.8, 4) is 0 Å². The monoisotopic (exact) mass is 460 g/mol. The third-order valence-electron chi connectivity index (χ3n) is 13.2. The van der Waals surface area contributed by atoms with Crippen LogP contribution in [-0.2, 0) is 9.47 Å². The van der Waals surface area contributed by atoms with Gasteiger partial charge in [0.15, 0.2) is 6.29 Å². The molecule has 188 valence electrons. The first-order valence-corrected chi connectivity index (χ1v) is 14.1. The number of hydrogen-bond donors (Lipinski definition) is 2. The number of fused-ring (bicyclic) bond motifs is 4. The molecule has 0 aromatic rings. The van der Waals surface area contributed by atoms with Crippen LogP contribution in [0.4, 0.5) is 0 Å². The summed E-state index contributed by atoms with van der Waals surface area (Å²) in [7, 11) is 0. The second-order valence-corrected chi connectivity index (χ2v) is 14.4. The molecule has 0 amide bonds. The summed E-state index contributed by atoms with van der Waals surface area (Å²) < 4.78 is 12.8. The smallest absolute Gasteiger partial charge is 0.157 e. The molecule has 0 aromatic carbocycles. The summed E-state index contributed by atoms with van der Waals surface area (Å²) in [4.78, 5) is 0. The fourth-order valence-electron chi connectivity index (χ4n) is 11.8. The molecule has 5 aliphatic carbocycles. The van der Waals surface area contributed by atoms with Gasteiger partial charge in [0.1, 0.15) is 0 Å². The van der Waals surface area contributed by atoms with Gasteiger partial charge in [-0.1, -0.05) is 34.6 Å². The van der Waals surface area contributed by atoms with Crippen molar-refractivity contribution in [1.29, 1.82) is 0 Å². The van der Waals surface area contributed by atoms with E-state index in [9.17, 15) is 10.2 Å². The molecule has 1 saturated heterocycles. The lowest BCUT2D eigenvalue weighted by Gasteiger charge is -2.64. The molecule has 6 aliphatic rings. The van der Waals surface area contributed by atoms with E-state index in [0.29, 0.717) is 29.8 Å². The van der Waals surface area contributed by atoms with Crippen LogP contribution < -0.4 is 0 Å². The largest absolute Gasteiger partial charge is 0.393 e. The number of hydrogen-bond acceptors (Lipinski definition) is 4. The van der Waals surface area contributed by atoms with E-state index in [0.717, 1.165) is 32.1 Å². The van der Waals surface area contributed by atoms with E-state index >= 15 is 0 Å². The van der Waals surface area contributed by atoms with Crippen molar-refractivity contribution in [2.24, 2.45) is 50.7 Å². The molecular formula is C29H48O4. The molecule has 6 rings (SSSR count). The minimum Gasteiger partial charge on any atom is -0.393 e. The van der Waals surface area contributed by atoms with Crippen molar-refractivity contribution in [2.75, 3.05) is 6.61 Å². The minimum absolute atomic E-state index is 0.0528. The molecule has 12 unspecified atom stereocenters. The maximum Gasteiger partial charge on any atom is 0.157 e. The van der Waals surface area contributed by atoms with Crippen LogP contribution in [-0.4, -0.2) is 41.4 Å². The lowest BCUT2D eigenvalue weighted by Crippen LogP contribution is -2.61. The van der Waals surface area contributed by atoms with E-state index in [1.807, 2.05) is 0 Å².